The number of halogens is 1. The van der Waals surface area contributed by atoms with Crippen molar-refractivity contribution in [3.05, 3.63) is 33.8 Å². The van der Waals surface area contributed by atoms with Crippen LogP contribution in [0.3, 0.4) is 0 Å². The first-order valence-electron chi connectivity index (χ1n) is 5.06. The molecule has 0 saturated heterocycles. The quantitative estimate of drug-likeness (QED) is 0.626. The summed E-state index contributed by atoms with van der Waals surface area (Å²) >= 11 is 3.57. The Balaban J connectivity index is 0.000000396. The molecule has 1 atom stereocenters. The van der Waals surface area contributed by atoms with Crippen LogP contribution in [0.5, 0.6) is 0 Å². The highest BCUT2D eigenvalue weighted by atomic mass is 79.9. The lowest BCUT2D eigenvalue weighted by atomic mass is 10.0. The van der Waals surface area contributed by atoms with Crippen LogP contribution in [0.1, 0.15) is 44.2 Å². The summed E-state index contributed by atoms with van der Waals surface area (Å²) in [4.78, 5) is 0. The van der Waals surface area contributed by atoms with Gasteiger partial charge in [0.25, 0.3) is 0 Å². The molecule has 0 aliphatic heterocycles. The van der Waals surface area contributed by atoms with Crippen molar-refractivity contribution >= 4 is 15.9 Å². The fraction of sp³-hybridized carbons (Fsp3) is 0.500. The monoisotopic (exact) mass is 240 g/mol. The van der Waals surface area contributed by atoms with Gasteiger partial charge in [0.15, 0.2) is 0 Å². The minimum absolute atomic E-state index is 0.766. The fourth-order valence-electron chi connectivity index (χ4n) is 1.82. The highest BCUT2D eigenvalue weighted by molar-refractivity contribution is 9.10. The number of hydrogen-bond acceptors (Lipinski definition) is 0. The third-order valence-electron chi connectivity index (χ3n) is 2.51. The van der Waals surface area contributed by atoms with Crippen LogP contribution in [0, 0.1) is 0 Å². The second-order valence-electron chi connectivity index (χ2n) is 3.25. The molecule has 2 rings (SSSR count). The number of rotatable bonds is 0. The molecule has 0 heterocycles. The summed E-state index contributed by atoms with van der Waals surface area (Å²) in [6.45, 7) is 6.30. The molecular formula is C12H17Br. The highest BCUT2D eigenvalue weighted by Crippen LogP contribution is 2.36. The van der Waals surface area contributed by atoms with Crippen LogP contribution in [0.2, 0.25) is 0 Å². The van der Waals surface area contributed by atoms with Crippen LogP contribution in [-0.2, 0) is 6.42 Å². The van der Waals surface area contributed by atoms with Gasteiger partial charge in [0, 0.05) is 4.47 Å². The normalized spacial score (nSPS) is 18.9. The molecule has 0 spiro atoms. The first-order valence-corrected chi connectivity index (χ1v) is 5.85. The number of fused-ring (bicyclic) bond motifs is 1. The Morgan fingerprint density at radius 3 is 2.62 bits per heavy atom. The zero-order chi connectivity index (χ0) is 9.84. The zero-order valence-corrected chi connectivity index (χ0v) is 10.2. The summed E-state index contributed by atoms with van der Waals surface area (Å²) in [5, 5.41) is 0. The smallest absolute Gasteiger partial charge is 0.0210 e. The van der Waals surface area contributed by atoms with E-state index in [-0.39, 0.29) is 0 Å². The van der Waals surface area contributed by atoms with Gasteiger partial charge < -0.3 is 0 Å². The standard InChI is InChI=1S/C10H11Br.C2H6/c1-7-5-6-9-8(7)3-2-4-10(9)11;1-2/h2-4,7H,5-6H2,1H3;1-2H3. The summed E-state index contributed by atoms with van der Waals surface area (Å²) in [6.07, 6.45) is 2.57. The predicted molar refractivity (Wildman–Crippen MR) is 62.2 cm³/mol. The van der Waals surface area contributed by atoms with Crippen molar-refractivity contribution in [1.82, 2.24) is 0 Å². The molecule has 1 aliphatic carbocycles. The van der Waals surface area contributed by atoms with Gasteiger partial charge in [-0.05, 0) is 36.0 Å². The summed E-state index contributed by atoms with van der Waals surface area (Å²) < 4.78 is 1.29. The van der Waals surface area contributed by atoms with Crippen molar-refractivity contribution in [3.63, 3.8) is 0 Å². The van der Waals surface area contributed by atoms with Gasteiger partial charge in [-0.2, -0.15) is 0 Å². The Labute approximate surface area is 89.5 Å². The van der Waals surface area contributed by atoms with Crippen molar-refractivity contribution in [2.24, 2.45) is 0 Å². The number of hydrogen-bond donors (Lipinski definition) is 0. The molecule has 13 heavy (non-hydrogen) atoms. The van der Waals surface area contributed by atoms with Gasteiger partial charge in [0.05, 0.1) is 0 Å². The minimum Gasteiger partial charge on any atom is -0.0683 e. The molecule has 1 aliphatic rings. The molecule has 1 heteroatoms. The molecule has 0 nitrogen and oxygen atoms in total. The van der Waals surface area contributed by atoms with E-state index in [1.54, 1.807) is 5.56 Å². The first kappa shape index (κ1) is 10.8. The molecular weight excluding hydrogens is 224 g/mol. The second kappa shape index (κ2) is 4.80. The van der Waals surface area contributed by atoms with Crippen LogP contribution in [0.4, 0.5) is 0 Å². The summed E-state index contributed by atoms with van der Waals surface area (Å²) in [7, 11) is 0. The van der Waals surface area contributed by atoms with Crippen LogP contribution in [0.25, 0.3) is 0 Å². The summed E-state index contributed by atoms with van der Waals surface area (Å²) in [5.74, 6) is 0.766. The largest absolute Gasteiger partial charge is 0.0683 e. The van der Waals surface area contributed by atoms with Crippen LogP contribution in [0.15, 0.2) is 22.7 Å². The van der Waals surface area contributed by atoms with Gasteiger partial charge in [0.2, 0.25) is 0 Å². The van der Waals surface area contributed by atoms with E-state index in [0.29, 0.717) is 0 Å². The Morgan fingerprint density at radius 1 is 1.31 bits per heavy atom. The van der Waals surface area contributed by atoms with E-state index < -0.39 is 0 Å². The van der Waals surface area contributed by atoms with Gasteiger partial charge >= 0.3 is 0 Å². The molecule has 1 aromatic rings. The lowest BCUT2D eigenvalue weighted by molar-refractivity contribution is 0.747. The molecule has 0 aromatic heterocycles. The van der Waals surface area contributed by atoms with Crippen molar-refractivity contribution in [1.29, 1.82) is 0 Å². The van der Waals surface area contributed by atoms with Crippen molar-refractivity contribution in [2.45, 2.75) is 39.5 Å². The second-order valence-corrected chi connectivity index (χ2v) is 4.10. The maximum atomic E-state index is 3.57. The maximum absolute atomic E-state index is 3.57. The minimum atomic E-state index is 0.766. The van der Waals surface area contributed by atoms with Gasteiger partial charge in [0.1, 0.15) is 0 Å². The van der Waals surface area contributed by atoms with Gasteiger partial charge in [-0.3, -0.25) is 0 Å². The fourth-order valence-corrected chi connectivity index (χ4v) is 2.40. The molecule has 0 radical (unpaired) electrons. The Kier molecular flexibility index (Phi) is 3.98. The maximum Gasteiger partial charge on any atom is 0.0210 e. The molecule has 1 unspecified atom stereocenters. The Morgan fingerprint density at radius 2 is 2.00 bits per heavy atom. The van der Waals surface area contributed by atoms with Gasteiger partial charge in [-0.25, -0.2) is 0 Å². The van der Waals surface area contributed by atoms with E-state index in [2.05, 4.69) is 41.1 Å². The van der Waals surface area contributed by atoms with E-state index in [1.165, 1.54) is 22.9 Å². The van der Waals surface area contributed by atoms with Crippen LogP contribution >= 0.6 is 15.9 Å². The van der Waals surface area contributed by atoms with Crippen molar-refractivity contribution in [2.75, 3.05) is 0 Å². The van der Waals surface area contributed by atoms with Gasteiger partial charge in [-0.15, -0.1) is 0 Å². The molecule has 72 valence electrons. The van der Waals surface area contributed by atoms with Crippen molar-refractivity contribution in [3.8, 4) is 0 Å². The molecule has 1 aromatic carbocycles. The topological polar surface area (TPSA) is 0 Å². The molecule has 0 N–H and O–H groups in total. The van der Waals surface area contributed by atoms with Crippen molar-refractivity contribution < 1.29 is 0 Å². The summed E-state index contributed by atoms with van der Waals surface area (Å²) in [6, 6.07) is 6.51. The first-order chi connectivity index (χ1) is 6.29. The third kappa shape index (κ3) is 2.14. The molecule has 0 fully saturated rings. The molecule has 0 amide bonds. The average Bonchev–Trinajstić information content (AvgIpc) is 2.53. The predicted octanol–water partition coefficient (Wildman–Crippen LogP) is 4.53. The lowest BCUT2D eigenvalue weighted by Crippen LogP contribution is -1.85. The average molecular weight is 241 g/mol. The van der Waals surface area contributed by atoms with E-state index in [0.717, 1.165) is 5.92 Å². The van der Waals surface area contributed by atoms with E-state index in [4.69, 9.17) is 0 Å². The highest BCUT2D eigenvalue weighted by Gasteiger charge is 2.19. The van der Waals surface area contributed by atoms with E-state index in [9.17, 15) is 0 Å². The van der Waals surface area contributed by atoms with E-state index >= 15 is 0 Å². The van der Waals surface area contributed by atoms with Crippen LogP contribution in [-0.4, -0.2) is 0 Å². The van der Waals surface area contributed by atoms with E-state index in [1.807, 2.05) is 13.8 Å². The van der Waals surface area contributed by atoms with Crippen LogP contribution < -0.4 is 0 Å². The zero-order valence-electron chi connectivity index (χ0n) is 8.60. The van der Waals surface area contributed by atoms with Gasteiger partial charge in [-0.1, -0.05) is 48.8 Å². The molecule has 0 bridgehead atoms. The lowest BCUT2D eigenvalue weighted by Gasteiger charge is -2.03. The Hall–Kier alpha value is -0.300. The summed E-state index contributed by atoms with van der Waals surface area (Å²) in [5.41, 5.74) is 3.07. The SMILES string of the molecule is CC.CC1CCc2c(Br)cccc21. The number of benzene rings is 1. The molecule has 0 saturated carbocycles. The Bertz CT molecular complexity index is 278. The third-order valence-corrected chi connectivity index (χ3v) is 3.26.